The van der Waals surface area contributed by atoms with E-state index < -0.39 is 17.5 Å². The zero-order chi connectivity index (χ0) is 26.7. The summed E-state index contributed by atoms with van der Waals surface area (Å²) in [5.41, 5.74) is 2.07. The van der Waals surface area contributed by atoms with Crippen LogP contribution >= 0.6 is 0 Å². The molecule has 8 nitrogen and oxygen atoms in total. The summed E-state index contributed by atoms with van der Waals surface area (Å²) in [6.07, 6.45) is 6.15. The highest BCUT2D eigenvalue weighted by molar-refractivity contribution is 5.91. The van der Waals surface area contributed by atoms with Gasteiger partial charge in [0.2, 0.25) is 0 Å². The van der Waals surface area contributed by atoms with Crippen LogP contribution in [0.3, 0.4) is 0 Å². The fourth-order valence-electron chi connectivity index (χ4n) is 4.23. The lowest BCUT2D eigenvalue weighted by Gasteiger charge is -2.40. The van der Waals surface area contributed by atoms with Crippen molar-refractivity contribution in [2.45, 2.75) is 50.5 Å². The Balaban J connectivity index is 0.000000493. The van der Waals surface area contributed by atoms with Crippen molar-refractivity contribution >= 4 is 17.9 Å². The number of carboxylic acid groups (broad SMARTS) is 2. The van der Waals surface area contributed by atoms with Crippen LogP contribution in [0.4, 0.5) is 0 Å². The molecule has 0 saturated heterocycles. The van der Waals surface area contributed by atoms with Gasteiger partial charge in [0.25, 0.3) is 0 Å². The molecule has 0 spiro atoms. The second-order valence-electron chi connectivity index (χ2n) is 9.31. The van der Waals surface area contributed by atoms with Gasteiger partial charge in [0.05, 0.1) is 11.2 Å². The quantitative estimate of drug-likeness (QED) is 0.281. The number of aliphatic hydroxyl groups is 1. The first-order chi connectivity index (χ1) is 17.0. The Morgan fingerprint density at radius 2 is 1.44 bits per heavy atom. The zero-order valence-corrected chi connectivity index (χ0v) is 21.0. The lowest BCUT2D eigenvalue weighted by molar-refractivity contribution is -0.134. The van der Waals surface area contributed by atoms with E-state index in [1.165, 1.54) is 6.42 Å². The summed E-state index contributed by atoms with van der Waals surface area (Å²) in [5.74, 6) is -2.30. The number of hydrogen-bond donors (Lipinski definition) is 3. The van der Waals surface area contributed by atoms with Gasteiger partial charge in [-0.25, -0.2) is 14.4 Å². The molecule has 0 aromatic heterocycles. The van der Waals surface area contributed by atoms with Crippen molar-refractivity contribution in [3.63, 3.8) is 0 Å². The van der Waals surface area contributed by atoms with E-state index in [-0.39, 0.29) is 11.9 Å². The van der Waals surface area contributed by atoms with Crippen LogP contribution in [0.5, 0.6) is 5.75 Å². The van der Waals surface area contributed by atoms with Crippen molar-refractivity contribution in [2.75, 3.05) is 20.6 Å². The van der Waals surface area contributed by atoms with Crippen LogP contribution in [0.15, 0.2) is 60.7 Å². The van der Waals surface area contributed by atoms with Crippen molar-refractivity contribution in [3.05, 3.63) is 77.4 Å². The van der Waals surface area contributed by atoms with Gasteiger partial charge in [-0.2, -0.15) is 0 Å². The number of ether oxygens (including phenoxy) is 1. The average molecular weight is 498 g/mol. The minimum Gasteiger partial charge on any atom is -0.478 e. The number of hydrogen-bond acceptors (Lipinski definition) is 6. The van der Waals surface area contributed by atoms with Gasteiger partial charge in [-0.05, 0) is 63.7 Å². The van der Waals surface area contributed by atoms with E-state index in [1.807, 2.05) is 57.4 Å². The number of nitrogens with zero attached hydrogens (tertiary/aromatic N) is 1. The molecule has 0 radical (unpaired) electrons. The molecule has 1 aliphatic carbocycles. The largest absolute Gasteiger partial charge is 0.478 e. The minimum absolute atomic E-state index is 0.0460. The maximum atomic E-state index is 12.3. The fourth-order valence-corrected chi connectivity index (χ4v) is 4.23. The molecule has 1 unspecified atom stereocenters. The number of aryl methyl sites for hydroxylation is 1. The summed E-state index contributed by atoms with van der Waals surface area (Å²) in [6, 6.07) is 15.0. The number of carbonyl (C=O) groups is 3. The summed E-state index contributed by atoms with van der Waals surface area (Å²) >= 11 is 0. The molecule has 36 heavy (non-hydrogen) atoms. The molecule has 1 atom stereocenters. The minimum atomic E-state index is -1.26. The van der Waals surface area contributed by atoms with Crippen LogP contribution < -0.4 is 4.74 Å². The number of aliphatic carboxylic acids is 2. The maximum Gasteiger partial charge on any atom is 0.343 e. The van der Waals surface area contributed by atoms with Gasteiger partial charge in [-0.15, -0.1) is 0 Å². The predicted molar refractivity (Wildman–Crippen MR) is 136 cm³/mol. The first kappa shape index (κ1) is 28.7. The molecule has 2 aromatic carbocycles. The van der Waals surface area contributed by atoms with Crippen molar-refractivity contribution in [2.24, 2.45) is 0 Å². The topological polar surface area (TPSA) is 124 Å². The summed E-state index contributed by atoms with van der Waals surface area (Å²) in [6.45, 7) is 2.78. The highest BCUT2D eigenvalue weighted by Gasteiger charge is 2.38. The third kappa shape index (κ3) is 9.28. The van der Waals surface area contributed by atoms with E-state index in [2.05, 4.69) is 4.90 Å². The van der Waals surface area contributed by atoms with Crippen molar-refractivity contribution in [3.8, 4) is 5.75 Å². The number of esters is 1. The molecular formula is C28H35NO7. The van der Waals surface area contributed by atoms with Gasteiger partial charge in [0.15, 0.2) is 0 Å². The molecule has 3 N–H and O–H groups in total. The lowest BCUT2D eigenvalue weighted by atomic mass is 9.72. The van der Waals surface area contributed by atoms with Crippen LogP contribution in [0, 0.1) is 6.92 Å². The maximum absolute atomic E-state index is 12.3. The SMILES string of the molecule is Cc1ccc(C(=O)Oc2ccc(C(CN(C)C)C3(O)CCCCC3)cc2)cc1.O=C(O)/C=C/C(=O)O. The first-order valence-corrected chi connectivity index (χ1v) is 11.9. The number of carbonyl (C=O) groups excluding carboxylic acids is 1. The van der Waals surface area contributed by atoms with Gasteiger partial charge >= 0.3 is 17.9 Å². The summed E-state index contributed by atoms with van der Waals surface area (Å²) in [4.78, 5) is 33.6. The number of benzene rings is 2. The highest BCUT2D eigenvalue weighted by Crippen LogP contribution is 2.40. The Hall–Kier alpha value is -3.49. The lowest BCUT2D eigenvalue weighted by Crippen LogP contribution is -2.42. The van der Waals surface area contributed by atoms with E-state index in [0.29, 0.717) is 23.5 Å². The van der Waals surface area contributed by atoms with Gasteiger partial charge in [0.1, 0.15) is 5.75 Å². The molecule has 2 aromatic rings. The molecule has 0 heterocycles. The summed E-state index contributed by atoms with van der Waals surface area (Å²) in [7, 11) is 4.08. The van der Waals surface area contributed by atoms with E-state index in [9.17, 15) is 19.5 Å². The second kappa shape index (κ2) is 13.6. The molecule has 1 saturated carbocycles. The Bertz CT molecular complexity index is 1020. The Kier molecular flexibility index (Phi) is 10.8. The third-order valence-electron chi connectivity index (χ3n) is 6.06. The average Bonchev–Trinajstić information content (AvgIpc) is 2.83. The van der Waals surface area contributed by atoms with Crippen LogP contribution in [-0.4, -0.2) is 64.4 Å². The molecule has 1 fully saturated rings. The number of likely N-dealkylation sites (N-methyl/N-ethyl adjacent to an activating group) is 1. The Morgan fingerprint density at radius 3 is 1.92 bits per heavy atom. The van der Waals surface area contributed by atoms with E-state index in [4.69, 9.17) is 14.9 Å². The van der Waals surface area contributed by atoms with Crippen LogP contribution in [0.2, 0.25) is 0 Å². The van der Waals surface area contributed by atoms with Crippen LogP contribution in [0.1, 0.15) is 59.5 Å². The molecule has 1 aliphatic rings. The first-order valence-electron chi connectivity index (χ1n) is 11.9. The fraction of sp³-hybridized carbons (Fsp3) is 0.393. The van der Waals surface area contributed by atoms with E-state index >= 15 is 0 Å². The Morgan fingerprint density at radius 1 is 0.917 bits per heavy atom. The molecule has 0 aliphatic heterocycles. The third-order valence-corrected chi connectivity index (χ3v) is 6.06. The summed E-state index contributed by atoms with van der Waals surface area (Å²) < 4.78 is 5.51. The van der Waals surface area contributed by atoms with Crippen molar-refractivity contribution in [1.29, 1.82) is 0 Å². The predicted octanol–water partition coefficient (Wildman–Crippen LogP) is 4.27. The molecule has 0 amide bonds. The molecule has 3 rings (SSSR count). The van der Waals surface area contributed by atoms with Gasteiger partial charge in [-0.1, -0.05) is 49.1 Å². The standard InChI is InChI=1S/C24H31NO3.C4H4O4/c1-18-7-9-20(10-8-18)23(26)28-21-13-11-19(12-14-21)22(17-25(2)3)24(27)15-5-4-6-16-24;5-3(6)1-2-4(7)8/h7-14,22,27H,4-6,15-17H2,1-3H3;1-2H,(H,5,6)(H,7,8)/b;2-1+. The normalized spacial score (nSPS) is 15.6. The zero-order valence-electron chi connectivity index (χ0n) is 21.0. The molecular weight excluding hydrogens is 462 g/mol. The van der Waals surface area contributed by atoms with E-state index in [0.717, 1.165) is 43.4 Å². The van der Waals surface area contributed by atoms with Gasteiger partial charge in [-0.3, -0.25) is 0 Å². The van der Waals surface area contributed by atoms with Crippen LogP contribution in [0.25, 0.3) is 0 Å². The van der Waals surface area contributed by atoms with E-state index in [1.54, 1.807) is 12.1 Å². The van der Waals surface area contributed by atoms with Crippen LogP contribution in [-0.2, 0) is 9.59 Å². The highest BCUT2D eigenvalue weighted by atomic mass is 16.5. The van der Waals surface area contributed by atoms with Gasteiger partial charge in [0, 0.05) is 24.6 Å². The smallest absolute Gasteiger partial charge is 0.343 e. The number of carboxylic acids is 2. The molecule has 0 bridgehead atoms. The monoisotopic (exact) mass is 497 g/mol. The second-order valence-corrected chi connectivity index (χ2v) is 9.31. The number of rotatable bonds is 8. The Labute approximate surface area is 211 Å². The van der Waals surface area contributed by atoms with Crippen molar-refractivity contribution in [1.82, 2.24) is 4.90 Å². The summed E-state index contributed by atoms with van der Waals surface area (Å²) in [5, 5.41) is 26.9. The molecule has 194 valence electrons. The molecule has 8 heteroatoms. The van der Waals surface area contributed by atoms with Gasteiger partial charge < -0.3 is 25.0 Å². The van der Waals surface area contributed by atoms with Crippen molar-refractivity contribution < 1.29 is 34.4 Å².